The Kier molecular flexibility index (Phi) is 4.59. The summed E-state index contributed by atoms with van der Waals surface area (Å²) in [4.78, 5) is 0. The van der Waals surface area contributed by atoms with E-state index in [-0.39, 0.29) is 6.04 Å². The van der Waals surface area contributed by atoms with Gasteiger partial charge >= 0.3 is 0 Å². The first-order valence-electron chi connectivity index (χ1n) is 5.81. The number of hydrogen-bond donors (Lipinski definition) is 1. The third kappa shape index (κ3) is 2.68. The summed E-state index contributed by atoms with van der Waals surface area (Å²) < 4.78 is 4.17. The Labute approximate surface area is 124 Å². The molecular weight excluding hydrogens is 358 g/mol. The Bertz CT molecular complexity index is 537. The number of halogens is 2. The molecular formula is C13H15Br2N3. The van der Waals surface area contributed by atoms with Gasteiger partial charge in [-0.1, -0.05) is 31.9 Å². The zero-order chi connectivity index (χ0) is 13.1. The predicted octanol–water partition coefficient (Wildman–Crippen LogP) is 3.74. The maximum Gasteiger partial charge on any atom is 0.0757 e. The summed E-state index contributed by atoms with van der Waals surface area (Å²) in [5.41, 5.74) is 2.36. The average Bonchev–Trinajstić information content (AvgIpc) is 2.83. The lowest BCUT2D eigenvalue weighted by Crippen LogP contribution is -2.21. The predicted molar refractivity (Wildman–Crippen MR) is 80.6 cm³/mol. The highest BCUT2D eigenvalue weighted by Crippen LogP contribution is 2.30. The van der Waals surface area contributed by atoms with Crippen LogP contribution < -0.4 is 5.32 Å². The Morgan fingerprint density at radius 1 is 1.33 bits per heavy atom. The summed E-state index contributed by atoms with van der Waals surface area (Å²) in [5, 5.41) is 7.68. The molecule has 0 fully saturated rings. The molecule has 2 aromatic rings. The zero-order valence-electron chi connectivity index (χ0n) is 10.3. The summed E-state index contributed by atoms with van der Waals surface area (Å²) in [6.07, 6.45) is 1.84. The van der Waals surface area contributed by atoms with Gasteiger partial charge in [-0.25, -0.2) is 0 Å². The van der Waals surface area contributed by atoms with Gasteiger partial charge in [-0.05, 0) is 43.8 Å². The second-order valence-electron chi connectivity index (χ2n) is 3.96. The maximum absolute atomic E-state index is 4.33. The molecule has 0 aliphatic heterocycles. The Hall–Kier alpha value is -0.650. The van der Waals surface area contributed by atoms with Crippen LogP contribution in [0.4, 0.5) is 0 Å². The van der Waals surface area contributed by atoms with Crippen molar-refractivity contribution in [3.8, 4) is 0 Å². The highest BCUT2D eigenvalue weighted by Gasteiger charge is 2.18. The van der Waals surface area contributed by atoms with Gasteiger partial charge in [-0.15, -0.1) is 0 Å². The monoisotopic (exact) mass is 371 g/mol. The van der Waals surface area contributed by atoms with Crippen LogP contribution in [-0.4, -0.2) is 16.8 Å². The third-order valence-corrected chi connectivity index (χ3v) is 4.12. The lowest BCUT2D eigenvalue weighted by molar-refractivity contribution is 0.562. The molecule has 2 rings (SSSR count). The third-order valence-electron chi connectivity index (χ3n) is 2.90. The van der Waals surface area contributed by atoms with Crippen LogP contribution in [-0.2, 0) is 6.54 Å². The van der Waals surface area contributed by atoms with Crippen molar-refractivity contribution in [3.63, 3.8) is 0 Å². The molecule has 0 aliphatic rings. The van der Waals surface area contributed by atoms with Gasteiger partial charge in [-0.2, -0.15) is 5.10 Å². The number of aromatic nitrogens is 2. The normalized spacial score (nSPS) is 12.7. The molecule has 0 spiro atoms. The molecule has 1 aromatic heterocycles. The topological polar surface area (TPSA) is 29.9 Å². The van der Waals surface area contributed by atoms with E-state index in [0.717, 1.165) is 15.5 Å². The van der Waals surface area contributed by atoms with Crippen molar-refractivity contribution in [1.82, 2.24) is 15.1 Å². The fraction of sp³-hybridized carbons (Fsp3) is 0.308. The Morgan fingerprint density at radius 2 is 2.11 bits per heavy atom. The van der Waals surface area contributed by atoms with Crippen molar-refractivity contribution >= 4 is 31.9 Å². The maximum atomic E-state index is 4.33. The van der Waals surface area contributed by atoms with Crippen molar-refractivity contribution in [2.24, 2.45) is 0 Å². The summed E-state index contributed by atoms with van der Waals surface area (Å²) in [7, 11) is 1.96. The molecule has 0 amide bonds. The number of nitrogens with one attached hydrogen (secondary N) is 1. The van der Waals surface area contributed by atoms with E-state index in [4.69, 9.17) is 0 Å². The van der Waals surface area contributed by atoms with Crippen molar-refractivity contribution in [3.05, 3.63) is 50.7 Å². The van der Waals surface area contributed by atoms with Gasteiger partial charge < -0.3 is 5.32 Å². The van der Waals surface area contributed by atoms with E-state index < -0.39 is 0 Å². The van der Waals surface area contributed by atoms with Crippen molar-refractivity contribution < 1.29 is 0 Å². The zero-order valence-corrected chi connectivity index (χ0v) is 13.5. The largest absolute Gasteiger partial charge is 0.308 e. The molecule has 18 heavy (non-hydrogen) atoms. The molecule has 5 heteroatoms. The summed E-state index contributed by atoms with van der Waals surface area (Å²) in [6, 6.07) is 8.38. The van der Waals surface area contributed by atoms with E-state index in [0.29, 0.717) is 0 Å². The number of benzene rings is 1. The van der Waals surface area contributed by atoms with Crippen LogP contribution in [0.5, 0.6) is 0 Å². The second kappa shape index (κ2) is 5.99. The molecule has 0 radical (unpaired) electrons. The van der Waals surface area contributed by atoms with Gasteiger partial charge in [0.1, 0.15) is 0 Å². The average molecular weight is 373 g/mol. The van der Waals surface area contributed by atoms with Gasteiger partial charge in [0, 0.05) is 21.7 Å². The molecule has 3 nitrogen and oxygen atoms in total. The molecule has 1 aromatic carbocycles. The number of aryl methyl sites for hydroxylation is 1. The standard InChI is InChI=1S/C13H15Br2N3/c1-3-18-12(6-7-17-18)13(16-2)10-8-9(14)4-5-11(10)15/h4-8,13,16H,3H2,1-2H3. The number of hydrogen-bond acceptors (Lipinski definition) is 2. The van der Waals surface area contributed by atoms with E-state index in [1.165, 1.54) is 11.3 Å². The van der Waals surface area contributed by atoms with Gasteiger partial charge in [-0.3, -0.25) is 4.68 Å². The molecule has 1 atom stereocenters. The number of rotatable bonds is 4. The van der Waals surface area contributed by atoms with E-state index in [9.17, 15) is 0 Å². The minimum absolute atomic E-state index is 0.124. The highest BCUT2D eigenvalue weighted by molar-refractivity contribution is 9.11. The van der Waals surface area contributed by atoms with Crippen molar-refractivity contribution in [1.29, 1.82) is 0 Å². The molecule has 0 aliphatic carbocycles. The fourth-order valence-corrected chi connectivity index (χ4v) is 2.91. The van der Waals surface area contributed by atoms with E-state index in [1.54, 1.807) is 0 Å². The minimum atomic E-state index is 0.124. The van der Waals surface area contributed by atoms with Crippen LogP contribution in [0.2, 0.25) is 0 Å². The van der Waals surface area contributed by atoms with Gasteiger partial charge in [0.25, 0.3) is 0 Å². The van der Waals surface area contributed by atoms with Crippen LogP contribution in [0.1, 0.15) is 24.2 Å². The molecule has 1 unspecified atom stereocenters. The van der Waals surface area contributed by atoms with Crippen LogP contribution in [0, 0.1) is 0 Å². The highest BCUT2D eigenvalue weighted by atomic mass is 79.9. The van der Waals surface area contributed by atoms with Crippen molar-refractivity contribution in [2.75, 3.05) is 7.05 Å². The van der Waals surface area contributed by atoms with E-state index in [2.05, 4.69) is 67.4 Å². The van der Waals surface area contributed by atoms with Crippen LogP contribution >= 0.6 is 31.9 Å². The van der Waals surface area contributed by atoms with Crippen molar-refractivity contribution in [2.45, 2.75) is 19.5 Å². The minimum Gasteiger partial charge on any atom is -0.308 e. The number of nitrogens with zero attached hydrogens (tertiary/aromatic N) is 2. The molecule has 0 bridgehead atoms. The van der Waals surface area contributed by atoms with Gasteiger partial charge in [0.15, 0.2) is 0 Å². The lowest BCUT2D eigenvalue weighted by atomic mass is 10.0. The van der Waals surface area contributed by atoms with E-state index >= 15 is 0 Å². The summed E-state index contributed by atoms with van der Waals surface area (Å²) in [6.45, 7) is 2.96. The molecule has 0 saturated carbocycles. The SMILES string of the molecule is CCn1nccc1C(NC)c1cc(Br)ccc1Br. The first-order chi connectivity index (χ1) is 8.67. The quantitative estimate of drug-likeness (QED) is 0.885. The van der Waals surface area contributed by atoms with Gasteiger partial charge in [0.05, 0.1) is 11.7 Å². The Morgan fingerprint density at radius 3 is 2.78 bits per heavy atom. The molecule has 96 valence electrons. The summed E-state index contributed by atoms with van der Waals surface area (Å²) in [5.74, 6) is 0. The van der Waals surface area contributed by atoms with Crippen LogP contribution in [0.25, 0.3) is 0 Å². The fourth-order valence-electron chi connectivity index (χ4n) is 2.05. The first-order valence-corrected chi connectivity index (χ1v) is 7.40. The molecule has 1 N–H and O–H groups in total. The first kappa shape index (κ1) is 13.8. The molecule has 1 heterocycles. The van der Waals surface area contributed by atoms with E-state index in [1.807, 2.05) is 24.0 Å². The lowest BCUT2D eigenvalue weighted by Gasteiger charge is -2.19. The van der Waals surface area contributed by atoms with Crippen LogP contribution in [0.3, 0.4) is 0 Å². The smallest absolute Gasteiger partial charge is 0.0757 e. The Balaban J connectivity index is 2.48. The summed E-state index contributed by atoms with van der Waals surface area (Å²) >= 11 is 7.14. The van der Waals surface area contributed by atoms with Gasteiger partial charge in [0.2, 0.25) is 0 Å². The van der Waals surface area contributed by atoms with Crippen LogP contribution in [0.15, 0.2) is 39.4 Å². The molecule has 0 saturated heterocycles. The second-order valence-corrected chi connectivity index (χ2v) is 5.73.